The van der Waals surface area contributed by atoms with Crippen molar-refractivity contribution in [3.63, 3.8) is 0 Å². The van der Waals surface area contributed by atoms with Gasteiger partial charge in [0, 0.05) is 12.8 Å². The van der Waals surface area contributed by atoms with Crippen LogP contribution in [0, 0.1) is 0 Å². The maximum atomic E-state index is 10.7. The predicted molar refractivity (Wildman–Crippen MR) is 47.1 cm³/mol. The summed E-state index contributed by atoms with van der Waals surface area (Å²) in [5, 5.41) is 0. The molecule has 0 amide bonds. The molecule has 0 spiro atoms. The number of hydrogen-bond acceptors (Lipinski definition) is 4. The van der Waals surface area contributed by atoms with Crippen molar-refractivity contribution >= 4 is 11.9 Å². The predicted octanol–water partition coefficient (Wildman–Crippen LogP) is 1.28. The monoisotopic (exact) mass is 188 g/mol. The quantitative estimate of drug-likeness (QED) is 0.465. The van der Waals surface area contributed by atoms with Crippen LogP contribution >= 0.6 is 0 Å². The van der Waals surface area contributed by atoms with Crippen LogP contribution in [0.1, 0.15) is 32.1 Å². The zero-order valence-electron chi connectivity index (χ0n) is 8.17. The van der Waals surface area contributed by atoms with Crippen LogP contribution in [0.3, 0.4) is 0 Å². The molecule has 0 aromatic carbocycles. The van der Waals surface area contributed by atoms with Crippen LogP contribution in [-0.2, 0) is 19.1 Å². The summed E-state index contributed by atoms with van der Waals surface area (Å²) in [7, 11) is 2.74. The average Bonchev–Trinajstić information content (AvgIpc) is 2.16. The highest BCUT2D eigenvalue weighted by molar-refractivity contribution is 5.69. The van der Waals surface area contributed by atoms with Crippen molar-refractivity contribution in [3.8, 4) is 0 Å². The largest absolute Gasteiger partial charge is 0.469 e. The van der Waals surface area contributed by atoms with Gasteiger partial charge in [-0.3, -0.25) is 9.59 Å². The normalized spacial score (nSPS) is 9.38. The van der Waals surface area contributed by atoms with Crippen LogP contribution in [0.15, 0.2) is 0 Å². The van der Waals surface area contributed by atoms with Crippen LogP contribution in [0.2, 0.25) is 0 Å². The van der Waals surface area contributed by atoms with E-state index in [1.165, 1.54) is 14.2 Å². The van der Waals surface area contributed by atoms with E-state index in [9.17, 15) is 9.59 Å². The Labute approximate surface area is 78.2 Å². The average molecular weight is 188 g/mol. The highest BCUT2D eigenvalue weighted by Gasteiger charge is 2.01. The van der Waals surface area contributed by atoms with Gasteiger partial charge in [0.25, 0.3) is 0 Å². The lowest BCUT2D eigenvalue weighted by molar-refractivity contribution is -0.141. The fraction of sp³-hybridized carbons (Fsp3) is 0.778. The smallest absolute Gasteiger partial charge is 0.305 e. The molecule has 0 radical (unpaired) electrons. The van der Waals surface area contributed by atoms with Gasteiger partial charge in [0.15, 0.2) is 0 Å². The summed E-state index contributed by atoms with van der Waals surface area (Å²) in [4.78, 5) is 21.3. The lowest BCUT2D eigenvalue weighted by atomic mass is 10.1. The third kappa shape index (κ3) is 7.31. The summed E-state index contributed by atoms with van der Waals surface area (Å²) in [5.41, 5.74) is 0. The van der Waals surface area contributed by atoms with Gasteiger partial charge < -0.3 is 9.47 Å². The standard InChI is InChI=1S/C9H16O4/c1-12-8(10)6-4-3-5-7-9(11)13-2/h3-7H2,1-2H3. The number of rotatable bonds is 6. The number of carbonyl (C=O) groups is 2. The van der Waals surface area contributed by atoms with Crippen molar-refractivity contribution in [1.82, 2.24) is 0 Å². The Bertz CT molecular complexity index is 147. The highest BCUT2D eigenvalue weighted by atomic mass is 16.5. The zero-order chi connectivity index (χ0) is 10.1. The molecule has 0 rings (SSSR count). The minimum atomic E-state index is -0.196. The lowest BCUT2D eigenvalue weighted by Gasteiger charge is -1.99. The van der Waals surface area contributed by atoms with Gasteiger partial charge in [-0.2, -0.15) is 0 Å². The molecule has 0 aliphatic carbocycles. The topological polar surface area (TPSA) is 52.6 Å². The number of ether oxygens (including phenoxy) is 2. The van der Waals surface area contributed by atoms with Crippen LogP contribution in [0.4, 0.5) is 0 Å². The SMILES string of the molecule is COC(=O)CCCCCC(=O)OC. The second kappa shape index (κ2) is 7.58. The summed E-state index contributed by atoms with van der Waals surface area (Å²) >= 11 is 0. The van der Waals surface area contributed by atoms with Crippen molar-refractivity contribution in [2.45, 2.75) is 32.1 Å². The van der Waals surface area contributed by atoms with Crippen molar-refractivity contribution in [1.29, 1.82) is 0 Å². The lowest BCUT2D eigenvalue weighted by Crippen LogP contribution is -2.01. The van der Waals surface area contributed by atoms with E-state index in [0.717, 1.165) is 19.3 Å². The molecule has 0 aromatic rings. The first kappa shape index (κ1) is 11.9. The summed E-state index contributed by atoms with van der Waals surface area (Å²) in [6.45, 7) is 0. The van der Waals surface area contributed by atoms with E-state index >= 15 is 0 Å². The van der Waals surface area contributed by atoms with Gasteiger partial charge in [-0.1, -0.05) is 6.42 Å². The Morgan fingerprint density at radius 2 is 1.23 bits per heavy atom. The summed E-state index contributed by atoms with van der Waals surface area (Å²) < 4.78 is 8.94. The first-order chi connectivity index (χ1) is 6.20. The van der Waals surface area contributed by atoms with E-state index in [1.54, 1.807) is 0 Å². The molecule has 0 fully saturated rings. The molecule has 0 N–H and O–H groups in total. The van der Waals surface area contributed by atoms with E-state index in [0.29, 0.717) is 12.8 Å². The molecule has 0 atom stereocenters. The molecule has 4 heteroatoms. The van der Waals surface area contributed by atoms with Crippen molar-refractivity contribution < 1.29 is 19.1 Å². The highest BCUT2D eigenvalue weighted by Crippen LogP contribution is 2.04. The Hall–Kier alpha value is -1.06. The molecule has 13 heavy (non-hydrogen) atoms. The third-order valence-corrected chi connectivity index (χ3v) is 1.72. The van der Waals surface area contributed by atoms with Gasteiger partial charge in [-0.05, 0) is 12.8 Å². The fourth-order valence-electron chi connectivity index (χ4n) is 0.920. The Kier molecular flexibility index (Phi) is 6.96. The van der Waals surface area contributed by atoms with E-state index < -0.39 is 0 Å². The summed E-state index contributed by atoms with van der Waals surface area (Å²) in [5.74, 6) is -0.392. The summed E-state index contributed by atoms with van der Waals surface area (Å²) in [6.07, 6.45) is 3.24. The van der Waals surface area contributed by atoms with Gasteiger partial charge in [0.05, 0.1) is 14.2 Å². The van der Waals surface area contributed by atoms with E-state index in [1.807, 2.05) is 0 Å². The van der Waals surface area contributed by atoms with Gasteiger partial charge in [-0.25, -0.2) is 0 Å². The zero-order valence-corrected chi connectivity index (χ0v) is 8.17. The van der Waals surface area contributed by atoms with Crippen molar-refractivity contribution in [2.24, 2.45) is 0 Å². The van der Waals surface area contributed by atoms with E-state index in [-0.39, 0.29) is 11.9 Å². The second-order valence-corrected chi connectivity index (χ2v) is 2.71. The van der Waals surface area contributed by atoms with Crippen LogP contribution in [0.5, 0.6) is 0 Å². The van der Waals surface area contributed by atoms with E-state index in [2.05, 4.69) is 9.47 Å². The van der Waals surface area contributed by atoms with Crippen LogP contribution in [-0.4, -0.2) is 26.2 Å². The molecule has 0 aliphatic rings. The first-order valence-electron chi connectivity index (χ1n) is 4.34. The van der Waals surface area contributed by atoms with Gasteiger partial charge in [-0.15, -0.1) is 0 Å². The Morgan fingerprint density at radius 3 is 1.54 bits per heavy atom. The molecule has 0 aliphatic heterocycles. The minimum absolute atomic E-state index is 0.196. The molecular weight excluding hydrogens is 172 g/mol. The van der Waals surface area contributed by atoms with E-state index in [4.69, 9.17) is 0 Å². The number of esters is 2. The number of unbranched alkanes of at least 4 members (excludes halogenated alkanes) is 2. The molecule has 0 saturated carbocycles. The molecule has 4 nitrogen and oxygen atoms in total. The van der Waals surface area contributed by atoms with Gasteiger partial charge in [0.2, 0.25) is 0 Å². The number of methoxy groups -OCH3 is 2. The molecule has 0 aromatic heterocycles. The van der Waals surface area contributed by atoms with Gasteiger partial charge >= 0.3 is 11.9 Å². The molecular formula is C9H16O4. The molecule has 76 valence electrons. The Balaban J connectivity index is 3.17. The minimum Gasteiger partial charge on any atom is -0.469 e. The van der Waals surface area contributed by atoms with Crippen LogP contribution in [0.25, 0.3) is 0 Å². The maximum absolute atomic E-state index is 10.7. The fourth-order valence-corrected chi connectivity index (χ4v) is 0.920. The Morgan fingerprint density at radius 1 is 0.846 bits per heavy atom. The maximum Gasteiger partial charge on any atom is 0.305 e. The molecule has 0 saturated heterocycles. The molecule has 0 heterocycles. The first-order valence-corrected chi connectivity index (χ1v) is 4.34. The second-order valence-electron chi connectivity index (χ2n) is 2.71. The number of hydrogen-bond donors (Lipinski definition) is 0. The summed E-state index contributed by atoms with van der Waals surface area (Å²) in [6, 6.07) is 0. The van der Waals surface area contributed by atoms with Crippen molar-refractivity contribution in [2.75, 3.05) is 14.2 Å². The third-order valence-electron chi connectivity index (χ3n) is 1.72. The molecule has 0 unspecified atom stereocenters. The van der Waals surface area contributed by atoms with Crippen LogP contribution < -0.4 is 0 Å². The van der Waals surface area contributed by atoms with Gasteiger partial charge in [0.1, 0.15) is 0 Å². The number of carbonyl (C=O) groups excluding carboxylic acids is 2. The van der Waals surface area contributed by atoms with Crippen molar-refractivity contribution in [3.05, 3.63) is 0 Å². The molecule has 0 bridgehead atoms.